The van der Waals surface area contributed by atoms with E-state index < -0.39 is 5.69 Å². The molecule has 0 unspecified atom stereocenters. The van der Waals surface area contributed by atoms with Gasteiger partial charge in [0, 0.05) is 40.2 Å². The number of fused-ring (bicyclic) bond motifs is 1. The van der Waals surface area contributed by atoms with Crippen molar-refractivity contribution in [3.63, 3.8) is 0 Å². The Morgan fingerprint density at radius 2 is 1.88 bits per heavy atom. The van der Waals surface area contributed by atoms with Gasteiger partial charge < -0.3 is 9.47 Å². The number of imidazole rings is 1. The van der Waals surface area contributed by atoms with Gasteiger partial charge in [-0.15, -0.1) is 0 Å². The molecule has 1 amide bonds. The van der Waals surface area contributed by atoms with E-state index in [0.29, 0.717) is 30.0 Å². The van der Waals surface area contributed by atoms with E-state index in [4.69, 9.17) is 0 Å². The van der Waals surface area contributed by atoms with Crippen molar-refractivity contribution in [3.8, 4) is 0 Å². The summed E-state index contributed by atoms with van der Waals surface area (Å²) in [4.78, 5) is 42.7. The van der Waals surface area contributed by atoms with Gasteiger partial charge in [-0.25, -0.2) is 9.78 Å². The van der Waals surface area contributed by atoms with E-state index in [2.05, 4.69) is 11.9 Å². The van der Waals surface area contributed by atoms with Crippen LogP contribution in [0, 0.1) is 5.92 Å². The molecule has 2 aromatic rings. The summed E-state index contributed by atoms with van der Waals surface area (Å²) in [6, 6.07) is 0. The number of aromatic nitrogens is 4. The highest BCUT2D eigenvalue weighted by Gasteiger charge is 2.21. The van der Waals surface area contributed by atoms with Crippen LogP contribution in [0.25, 0.3) is 11.2 Å². The molecule has 1 fully saturated rings. The molecule has 0 aromatic carbocycles. The first-order chi connectivity index (χ1) is 11.4. The van der Waals surface area contributed by atoms with Crippen molar-refractivity contribution in [2.24, 2.45) is 20.0 Å². The van der Waals surface area contributed by atoms with Gasteiger partial charge in [0.25, 0.3) is 5.56 Å². The minimum atomic E-state index is -0.406. The Kier molecular flexibility index (Phi) is 4.29. The predicted octanol–water partition coefficient (Wildman–Crippen LogP) is 0.0823. The maximum atomic E-state index is 12.4. The molecule has 0 saturated carbocycles. The Balaban J connectivity index is 1.80. The van der Waals surface area contributed by atoms with Crippen LogP contribution in [0.2, 0.25) is 0 Å². The number of hydrogen-bond acceptors (Lipinski definition) is 4. The van der Waals surface area contributed by atoms with Crippen LogP contribution in [0.1, 0.15) is 26.2 Å². The fourth-order valence-electron chi connectivity index (χ4n) is 3.20. The van der Waals surface area contributed by atoms with E-state index in [1.165, 1.54) is 17.9 Å². The molecule has 0 N–H and O–H groups in total. The monoisotopic (exact) mass is 333 g/mol. The molecule has 3 rings (SSSR count). The van der Waals surface area contributed by atoms with E-state index >= 15 is 0 Å². The van der Waals surface area contributed by atoms with Crippen molar-refractivity contribution in [3.05, 3.63) is 27.2 Å². The summed E-state index contributed by atoms with van der Waals surface area (Å²) in [6.45, 7) is 4.20. The molecule has 0 radical (unpaired) electrons. The van der Waals surface area contributed by atoms with Gasteiger partial charge in [0.1, 0.15) is 0 Å². The lowest BCUT2D eigenvalue weighted by Gasteiger charge is -2.30. The highest BCUT2D eigenvalue weighted by Crippen LogP contribution is 2.17. The number of carbonyl (C=O) groups excluding carboxylic acids is 1. The van der Waals surface area contributed by atoms with E-state index in [0.717, 1.165) is 30.5 Å². The number of piperidine rings is 1. The van der Waals surface area contributed by atoms with Crippen LogP contribution >= 0.6 is 0 Å². The average molecular weight is 333 g/mol. The van der Waals surface area contributed by atoms with Crippen molar-refractivity contribution in [1.29, 1.82) is 0 Å². The zero-order valence-electron chi connectivity index (χ0n) is 14.4. The van der Waals surface area contributed by atoms with Gasteiger partial charge in [0.2, 0.25) is 5.91 Å². The molecular formula is C16H23N5O3. The smallest absolute Gasteiger partial charge is 0.332 e. The molecule has 1 aliphatic rings. The second-order valence-corrected chi connectivity index (χ2v) is 6.63. The average Bonchev–Trinajstić information content (AvgIpc) is 3.00. The minimum absolute atomic E-state index is 0.102. The fourth-order valence-corrected chi connectivity index (χ4v) is 3.20. The van der Waals surface area contributed by atoms with Crippen LogP contribution in [0.5, 0.6) is 0 Å². The standard InChI is InChI=1S/C16H23N5O3/c1-11-4-7-20(8-5-11)12(22)6-9-21-10-17-14-13(21)15(23)19(3)16(24)18(14)2/h10-11H,4-9H2,1-3H3. The number of nitrogens with zero attached hydrogens (tertiary/aromatic N) is 5. The molecule has 130 valence electrons. The molecule has 24 heavy (non-hydrogen) atoms. The zero-order valence-corrected chi connectivity index (χ0v) is 14.4. The summed E-state index contributed by atoms with van der Waals surface area (Å²) >= 11 is 0. The third-order valence-electron chi connectivity index (χ3n) is 4.92. The second-order valence-electron chi connectivity index (χ2n) is 6.63. The van der Waals surface area contributed by atoms with Gasteiger partial charge in [-0.05, 0) is 18.8 Å². The molecule has 3 heterocycles. The Morgan fingerprint density at radius 3 is 2.54 bits per heavy atom. The summed E-state index contributed by atoms with van der Waals surface area (Å²) in [6.07, 6.45) is 3.94. The first kappa shape index (κ1) is 16.5. The number of hydrogen-bond donors (Lipinski definition) is 0. The molecule has 0 aliphatic carbocycles. The van der Waals surface area contributed by atoms with E-state index in [1.54, 1.807) is 11.6 Å². The molecule has 8 nitrogen and oxygen atoms in total. The third kappa shape index (κ3) is 2.76. The maximum Gasteiger partial charge on any atom is 0.332 e. The lowest BCUT2D eigenvalue weighted by molar-refractivity contribution is -0.132. The summed E-state index contributed by atoms with van der Waals surface area (Å²) in [5, 5.41) is 0. The molecule has 2 aromatic heterocycles. The van der Waals surface area contributed by atoms with Crippen molar-refractivity contribution < 1.29 is 4.79 Å². The lowest BCUT2D eigenvalue weighted by atomic mass is 9.99. The first-order valence-corrected chi connectivity index (χ1v) is 8.28. The zero-order chi connectivity index (χ0) is 17.4. The van der Waals surface area contributed by atoms with Crippen LogP contribution in [0.15, 0.2) is 15.9 Å². The van der Waals surface area contributed by atoms with Crippen LogP contribution in [0.4, 0.5) is 0 Å². The Morgan fingerprint density at radius 1 is 1.21 bits per heavy atom. The quantitative estimate of drug-likeness (QED) is 0.797. The molecular weight excluding hydrogens is 310 g/mol. The summed E-state index contributed by atoms with van der Waals surface area (Å²) in [5.74, 6) is 0.779. The molecule has 0 atom stereocenters. The molecule has 0 bridgehead atoms. The van der Waals surface area contributed by atoms with Crippen LogP contribution in [-0.2, 0) is 25.4 Å². The minimum Gasteiger partial charge on any atom is -0.343 e. The normalized spacial score (nSPS) is 16.0. The van der Waals surface area contributed by atoms with Crippen molar-refractivity contribution in [1.82, 2.24) is 23.6 Å². The molecule has 1 aliphatic heterocycles. The van der Waals surface area contributed by atoms with Crippen molar-refractivity contribution >= 4 is 17.1 Å². The van der Waals surface area contributed by atoms with Gasteiger partial charge in [-0.2, -0.15) is 0 Å². The third-order valence-corrected chi connectivity index (χ3v) is 4.92. The van der Waals surface area contributed by atoms with Crippen LogP contribution < -0.4 is 11.2 Å². The summed E-state index contributed by atoms with van der Waals surface area (Å²) in [5.41, 5.74) is -0.0804. The number of likely N-dealkylation sites (tertiary alicyclic amines) is 1. The topological polar surface area (TPSA) is 82.1 Å². The summed E-state index contributed by atoms with van der Waals surface area (Å²) in [7, 11) is 3.03. The molecule has 0 spiro atoms. The highest BCUT2D eigenvalue weighted by atomic mass is 16.2. The van der Waals surface area contributed by atoms with Gasteiger partial charge in [0.05, 0.1) is 6.33 Å². The fraction of sp³-hybridized carbons (Fsp3) is 0.625. The summed E-state index contributed by atoms with van der Waals surface area (Å²) < 4.78 is 4.08. The Bertz CT molecular complexity index is 883. The Hall–Kier alpha value is -2.38. The second kappa shape index (κ2) is 6.26. The molecule has 8 heteroatoms. The SMILES string of the molecule is CC1CCN(C(=O)CCn2cnc3c2c(=O)n(C)c(=O)n3C)CC1. The number of rotatable bonds is 3. The number of carbonyl (C=O) groups is 1. The van der Waals surface area contributed by atoms with Gasteiger partial charge in [0.15, 0.2) is 11.2 Å². The van der Waals surface area contributed by atoms with E-state index in [1.807, 2.05) is 4.90 Å². The van der Waals surface area contributed by atoms with Gasteiger partial charge >= 0.3 is 5.69 Å². The van der Waals surface area contributed by atoms with Gasteiger partial charge in [-0.3, -0.25) is 18.7 Å². The Labute approximate surface area is 139 Å². The van der Waals surface area contributed by atoms with Crippen molar-refractivity contribution in [2.75, 3.05) is 13.1 Å². The predicted molar refractivity (Wildman–Crippen MR) is 89.8 cm³/mol. The maximum absolute atomic E-state index is 12.4. The lowest BCUT2D eigenvalue weighted by Crippen LogP contribution is -2.39. The highest BCUT2D eigenvalue weighted by molar-refractivity contribution is 5.76. The van der Waals surface area contributed by atoms with Crippen LogP contribution in [-0.4, -0.2) is 42.6 Å². The first-order valence-electron chi connectivity index (χ1n) is 8.28. The van der Waals surface area contributed by atoms with E-state index in [-0.39, 0.29) is 11.5 Å². The number of aryl methyl sites for hydroxylation is 2. The molecule has 1 saturated heterocycles. The largest absolute Gasteiger partial charge is 0.343 e. The van der Waals surface area contributed by atoms with Crippen molar-refractivity contribution in [2.45, 2.75) is 32.7 Å². The van der Waals surface area contributed by atoms with Crippen LogP contribution in [0.3, 0.4) is 0 Å². The van der Waals surface area contributed by atoms with E-state index in [9.17, 15) is 14.4 Å². The number of amides is 1. The van der Waals surface area contributed by atoms with Gasteiger partial charge in [-0.1, -0.05) is 6.92 Å².